The molecule has 8 nitrogen and oxygen atoms in total. The van der Waals surface area contributed by atoms with Crippen molar-refractivity contribution in [2.75, 3.05) is 31.1 Å². The van der Waals surface area contributed by atoms with Crippen molar-refractivity contribution in [2.45, 2.75) is 36.1 Å². The Kier molecular flexibility index (Phi) is 8.79. The summed E-state index contributed by atoms with van der Waals surface area (Å²) in [6.07, 6.45) is 0.0937. The number of hydrogen-bond acceptors (Lipinski definition) is 7. The maximum absolute atomic E-state index is 13.5. The third-order valence-electron chi connectivity index (χ3n) is 6.97. The van der Waals surface area contributed by atoms with Gasteiger partial charge in [0.25, 0.3) is 0 Å². The first kappa shape index (κ1) is 31.3. The Balaban J connectivity index is 1.63. The van der Waals surface area contributed by atoms with Gasteiger partial charge in [-0.25, -0.2) is 25.9 Å². The van der Waals surface area contributed by atoms with E-state index < -0.39 is 49.2 Å². The van der Waals surface area contributed by atoms with Crippen LogP contribution in [0.3, 0.4) is 0 Å². The molecular weight excluding hydrogens is 606 g/mol. The molecule has 0 amide bonds. The SMILES string of the molecule is CC(O)(c1ccc(N2CCN(S(=O)(=O)C3=CC=CCC3=S)C[C@@H]2CNS(=O)(=O)c2ccc(F)cc2)cc1)C(F)(F)F. The Hall–Kier alpha value is -2.69. The van der Waals surface area contributed by atoms with Crippen molar-refractivity contribution in [3.8, 4) is 0 Å². The number of alkyl halides is 3. The highest BCUT2D eigenvalue weighted by molar-refractivity contribution is 7.96. The molecule has 222 valence electrons. The molecule has 1 aliphatic heterocycles. The fourth-order valence-electron chi connectivity index (χ4n) is 4.50. The Labute approximate surface area is 241 Å². The summed E-state index contributed by atoms with van der Waals surface area (Å²) in [5, 5.41) is 10.0. The standard InChI is InChI=1S/C26H27F4N3O5S3/c1-25(34,26(28,29)30)18-6-10-20(11-7-18)33-15-14-32(41(37,38)24-5-3-2-4-23(24)39)17-21(33)16-31-40(35,36)22-12-8-19(27)9-13-22/h2-3,5-13,21,31,34H,4,14-17H2,1H3/t21-,25?/m0/s1. The molecule has 4 rings (SSSR count). The summed E-state index contributed by atoms with van der Waals surface area (Å²) < 4.78 is 110. The average Bonchev–Trinajstić information content (AvgIpc) is 2.91. The van der Waals surface area contributed by atoms with Crippen molar-refractivity contribution < 1.29 is 39.5 Å². The minimum absolute atomic E-state index is 0.00473. The van der Waals surface area contributed by atoms with E-state index in [0.717, 1.165) is 36.4 Å². The molecule has 0 bridgehead atoms. The van der Waals surface area contributed by atoms with Crippen LogP contribution < -0.4 is 9.62 Å². The molecule has 2 aromatic rings. The largest absolute Gasteiger partial charge is 0.421 e. The minimum atomic E-state index is -4.92. The van der Waals surface area contributed by atoms with Crippen LogP contribution in [0.15, 0.2) is 76.6 Å². The van der Waals surface area contributed by atoms with E-state index >= 15 is 0 Å². The average molecular weight is 634 g/mol. The van der Waals surface area contributed by atoms with Gasteiger partial charge in [-0.1, -0.05) is 36.5 Å². The predicted molar refractivity (Wildman–Crippen MR) is 150 cm³/mol. The third kappa shape index (κ3) is 6.54. The van der Waals surface area contributed by atoms with E-state index in [-0.39, 0.29) is 47.3 Å². The molecule has 0 saturated carbocycles. The van der Waals surface area contributed by atoms with Crippen molar-refractivity contribution in [1.29, 1.82) is 0 Å². The maximum atomic E-state index is 13.5. The normalized spacial score (nSPS) is 20.5. The van der Waals surface area contributed by atoms with Crippen LogP contribution in [0.2, 0.25) is 0 Å². The van der Waals surface area contributed by atoms with Crippen LogP contribution in [-0.2, 0) is 25.6 Å². The Morgan fingerprint density at radius 3 is 2.24 bits per heavy atom. The van der Waals surface area contributed by atoms with Gasteiger partial charge in [-0.2, -0.15) is 17.5 Å². The highest BCUT2D eigenvalue weighted by atomic mass is 32.2. The summed E-state index contributed by atoms with van der Waals surface area (Å²) in [5.41, 5.74) is -3.09. The van der Waals surface area contributed by atoms with Gasteiger partial charge in [0.1, 0.15) is 5.82 Å². The molecule has 0 radical (unpaired) electrons. The monoisotopic (exact) mass is 633 g/mol. The Morgan fingerprint density at radius 1 is 1.02 bits per heavy atom. The molecule has 1 aliphatic carbocycles. The summed E-state index contributed by atoms with van der Waals surface area (Å²) >= 11 is 5.25. The molecule has 0 aromatic heterocycles. The van der Waals surface area contributed by atoms with Gasteiger partial charge < -0.3 is 10.0 Å². The smallest absolute Gasteiger partial charge is 0.376 e. The van der Waals surface area contributed by atoms with E-state index in [4.69, 9.17) is 12.2 Å². The molecule has 15 heteroatoms. The van der Waals surface area contributed by atoms with E-state index in [0.29, 0.717) is 12.6 Å². The van der Waals surface area contributed by atoms with Gasteiger partial charge in [-0.05, 0) is 55.0 Å². The van der Waals surface area contributed by atoms with Crippen LogP contribution in [0.4, 0.5) is 23.2 Å². The highest BCUT2D eigenvalue weighted by Crippen LogP contribution is 2.39. The lowest BCUT2D eigenvalue weighted by molar-refractivity contribution is -0.258. The van der Waals surface area contributed by atoms with Gasteiger partial charge in [0.2, 0.25) is 20.0 Å². The topological polar surface area (TPSA) is 107 Å². The summed E-state index contributed by atoms with van der Waals surface area (Å²) in [6, 6.07) is 8.29. The predicted octanol–water partition coefficient (Wildman–Crippen LogP) is 3.61. The number of allylic oxidation sites excluding steroid dienone is 4. The molecule has 1 fully saturated rings. The molecule has 1 unspecified atom stereocenters. The molecule has 2 aromatic carbocycles. The van der Waals surface area contributed by atoms with Crippen molar-refractivity contribution in [3.63, 3.8) is 0 Å². The lowest BCUT2D eigenvalue weighted by Crippen LogP contribution is -2.58. The second kappa shape index (κ2) is 11.5. The van der Waals surface area contributed by atoms with Gasteiger partial charge in [0.15, 0.2) is 5.60 Å². The van der Waals surface area contributed by atoms with Crippen LogP contribution in [0.1, 0.15) is 18.9 Å². The van der Waals surface area contributed by atoms with Gasteiger partial charge in [-0.3, -0.25) is 0 Å². The van der Waals surface area contributed by atoms with Crippen LogP contribution in [0, 0.1) is 5.82 Å². The number of halogens is 4. The zero-order chi connectivity index (χ0) is 30.2. The molecule has 2 atom stereocenters. The van der Waals surface area contributed by atoms with E-state index in [1.807, 2.05) is 0 Å². The number of nitrogens with one attached hydrogen (secondary N) is 1. The first-order valence-corrected chi connectivity index (χ1v) is 15.7. The zero-order valence-electron chi connectivity index (χ0n) is 21.7. The quantitative estimate of drug-likeness (QED) is 0.338. The van der Waals surface area contributed by atoms with Crippen molar-refractivity contribution in [3.05, 3.63) is 83.0 Å². The van der Waals surface area contributed by atoms with Gasteiger partial charge in [0, 0.05) is 43.2 Å². The Morgan fingerprint density at radius 2 is 1.66 bits per heavy atom. The molecule has 1 heterocycles. The van der Waals surface area contributed by atoms with Gasteiger partial charge >= 0.3 is 6.18 Å². The third-order valence-corrected chi connectivity index (χ3v) is 10.9. The lowest BCUT2D eigenvalue weighted by atomic mass is 9.95. The molecule has 2 N–H and O–H groups in total. The lowest BCUT2D eigenvalue weighted by Gasteiger charge is -2.42. The fraction of sp³-hybridized carbons (Fsp3) is 0.346. The first-order chi connectivity index (χ1) is 19.0. The number of anilines is 1. The number of nitrogens with zero attached hydrogens (tertiary/aromatic N) is 2. The summed E-state index contributed by atoms with van der Waals surface area (Å²) in [4.78, 5) is 1.70. The fourth-order valence-corrected chi connectivity index (χ4v) is 7.64. The van der Waals surface area contributed by atoms with E-state index in [1.165, 1.54) is 22.5 Å². The molecule has 41 heavy (non-hydrogen) atoms. The second-order valence-electron chi connectivity index (χ2n) is 9.72. The van der Waals surface area contributed by atoms with Crippen molar-refractivity contribution in [1.82, 2.24) is 9.03 Å². The number of hydrogen-bond donors (Lipinski definition) is 2. The number of rotatable bonds is 8. The van der Waals surface area contributed by atoms with Crippen LogP contribution in [0.5, 0.6) is 0 Å². The van der Waals surface area contributed by atoms with E-state index in [2.05, 4.69) is 4.72 Å². The van der Waals surface area contributed by atoms with Crippen LogP contribution in [-0.4, -0.2) is 69.5 Å². The summed E-state index contributed by atoms with van der Waals surface area (Å²) in [7, 11) is -8.14. The summed E-state index contributed by atoms with van der Waals surface area (Å²) in [5.74, 6) is -0.624. The number of sulfonamides is 2. The van der Waals surface area contributed by atoms with Gasteiger partial charge in [-0.15, -0.1) is 0 Å². The van der Waals surface area contributed by atoms with Crippen molar-refractivity contribution >= 4 is 42.8 Å². The molecule has 0 spiro atoms. The first-order valence-electron chi connectivity index (χ1n) is 12.4. The zero-order valence-corrected chi connectivity index (χ0v) is 24.1. The number of aliphatic hydroxyl groups is 1. The van der Waals surface area contributed by atoms with Crippen LogP contribution in [0.25, 0.3) is 0 Å². The van der Waals surface area contributed by atoms with Gasteiger partial charge in [0.05, 0.1) is 15.8 Å². The number of thiocarbonyl (C=S) groups is 1. The molecular formula is C26H27F4N3O5S3. The summed E-state index contributed by atoms with van der Waals surface area (Å²) in [6.45, 7) is 0.262. The van der Waals surface area contributed by atoms with Crippen LogP contribution >= 0.6 is 12.2 Å². The van der Waals surface area contributed by atoms with E-state index in [1.54, 1.807) is 17.1 Å². The number of piperazine rings is 1. The molecule has 2 aliphatic rings. The second-order valence-corrected chi connectivity index (χ2v) is 13.9. The maximum Gasteiger partial charge on any atom is 0.421 e. The minimum Gasteiger partial charge on any atom is -0.376 e. The van der Waals surface area contributed by atoms with Crippen molar-refractivity contribution in [2.24, 2.45) is 0 Å². The van der Waals surface area contributed by atoms with E-state index in [9.17, 15) is 39.5 Å². The number of benzene rings is 2. The Bertz CT molecular complexity index is 1570. The molecule has 1 saturated heterocycles. The highest BCUT2D eigenvalue weighted by Gasteiger charge is 2.51.